The number of rotatable bonds is 4. The number of H-pyrrole nitrogens is 1. The van der Waals surface area contributed by atoms with Crippen molar-refractivity contribution in [3.63, 3.8) is 0 Å². The molecule has 0 saturated heterocycles. The lowest BCUT2D eigenvalue weighted by Crippen LogP contribution is -2.12. The molecule has 0 aliphatic heterocycles. The van der Waals surface area contributed by atoms with Crippen molar-refractivity contribution in [3.05, 3.63) is 73.1 Å². The van der Waals surface area contributed by atoms with Crippen molar-refractivity contribution in [2.24, 2.45) is 5.14 Å². The molecule has 0 spiro atoms. The third-order valence-corrected chi connectivity index (χ3v) is 5.01. The van der Waals surface area contributed by atoms with Crippen LogP contribution in [0.2, 0.25) is 0 Å². The molecule has 0 amide bonds. The third-order valence-electron chi connectivity index (χ3n) is 4.10. The molecule has 0 aliphatic carbocycles. The van der Waals surface area contributed by atoms with Crippen LogP contribution < -0.4 is 10.5 Å². The van der Waals surface area contributed by atoms with Crippen LogP contribution in [0, 0.1) is 0 Å². The molecule has 0 saturated carbocycles. The molecule has 2 aromatic carbocycles. The Morgan fingerprint density at radius 1 is 1.00 bits per heavy atom. The molecule has 4 rings (SSSR count). The average Bonchev–Trinajstić information content (AvgIpc) is 3.10. The Morgan fingerprint density at radius 2 is 1.85 bits per heavy atom. The number of hydrogen-bond acceptors (Lipinski definition) is 4. The van der Waals surface area contributed by atoms with E-state index in [1.54, 1.807) is 18.3 Å². The summed E-state index contributed by atoms with van der Waals surface area (Å²) in [5.74, 6) is 0.613. The van der Waals surface area contributed by atoms with Gasteiger partial charge in [-0.3, -0.25) is 0 Å². The molecule has 4 aromatic rings. The maximum atomic E-state index is 11.5. The van der Waals surface area contributed by atoms with E-state index in [0.29, 0.717) is 11.5 Å². The van der Waals surface area contributed by atoms with Crippen LogP contribution in [0.1, 0.15) is 0 Å². The van der Waals surface area contributed by atoms with E-state index in [0.717, 1.165) is 22.0 Å². The van der Waals surface area contributed by atoms with Crippen LogP contribution in [-0.2, 0) is 10.0 Å². The number of hydrogen-bond donors (Lipinski definition) is 3. The fourth-order valence-corrected chi connectivity index (χ4v) is 3.46. The minimum atomic E-state index is -3.75. The number of aromatic nitrogens is 2. The first-order valence-electron chi connectivity index (χ1n) is 7.93. The van der Waals surface area contributed by atoms with Gasteiger partial charge in [-0.1, -0.05) is 18.2 Å². The van der Waals surface area contributed by atoms with Crippen LogP contribution in [0.5, 0.6) is 0 Å². The Kier molecular flexibility index (Phi) is 3.95. The molecule has 2 heterocycles. The Morgan fingerprint density at radius 3 is 2.69 bits per heavy atom. The van der Waals surface area contributed by atoms with Crippen LogP contribution in [0.4, 0.5) is 11.5 Å². The SMILES string of the molecule is NS(=O)(=O)c1cccc(Nc2cc(-c3cccc4[nH]ccc34)ccn2)c1. The highest BCUT2D eigenvalue weighted by molar-refractivity contribution is 7.89. The van der Waals surface area contributed by atoms with Gasteiger partial charge in [-0.15, -0.1) is 0 Å². The van der Waals surface area contributed by atoms with E-state index < -0.39 is 10.0 Å². The molecule has 0 aliphatic rings. The van der Waals surface area contributed by atoms with E-state index in [2.05, 4.69) is 21.4 Å². The van der Waals surface area contributed by atoms with Gasteiger partial charge in [-0.25, -0.2) is 18.5 Å². The van der Waals surface area contributed by atoms with Crippen LogP contribution >= 0.6 is 0 Å². The summed E-state index contributed by atoms with van der Waals surface area (Å²) in [6.07, 6.45) is 3.62. The molecule has 0 fully saturated rings. The lowest BCUT2D eigenvalue weighted by Gasteiger charge is -2.09. The van der Waals surface area contributed by atoms with Gasteiger partial charge in [0, 0.05) is 29.0 Å². The van der Waals surface area contributed by atoms with Crippen LogP contribution in [-0.4, -0.2) is 18.4 Å². The normalized spacial score (nSPS) is 11.6. The summed E-state index contributed by atoms with van der Waals surface area (Å²) in [7, 11) is -3.75. The van der Waals surface area contributed by atoms with Crippen molar-refractivity contribution in [3.8, 4) is 11.1 Å². The lowest BCUT2D eigenvalue weighted by molar-refractivity contribution is 0.598. The van der Waals surface area contributed by atoms with Crippen molar-refractivity contribution in [1.82, 2.24) is 9.97 Å². The fraction of sp³-hybridized carbons (Fsp3) is 0. The minimum absolute atomic E-state index is 0.0516. The van der Waals surface area contributed by atoms with Gasteiger partial charge in [0.15, 0.2) is 0 Å². The van der Waals surface area contributed by atoms with E-state index in [1.807, 2.05) is 36.5 Å². The number of benzene rings is 2. The quantitative estimate of drug-likeness (QED) is 0.515. The Bertz CT molecular complexity index is 1200. The number of nitrogens with zero attached hydrogens (tertiary/aromatic N) is 1. The summed E-state index contributed by atoms with van der Waals surface area (Å²) in [5.41, 5.74) is 3.76. The smallest absolute Gasteiger partial charge is 0.238 e. The molecular weight excluding hydrogens is 348 g/mol. The van der Waals surface area contributed by atoms with Gasteiger partial charge in [-0.2, -0.15) is 0 Å². The van der Waals surface area contributed by atoms with Gasteiger partial charge in [0.2, 0.25) is 10.0 Å². The zero-order valence-electron chi connectivity index (χ0n) is 13.7. The van der Waals surface area contributed by atoms with Crippen LogP contribution in [0.15, 0.2) is 78.0 Å². The van der Waals surface area contributed by atoms with Crippen LogP contribution in [0.25, 0.3) is 22.0 Å². The van der Waals surface area contributed by atoms with Gasteiger partial charge in [0.1, 0.15) is 5.82 Å². The summed E-state index contributed by atoms with van der Waals surface area (Å²) < 4.78 is 23.0. The van der Waals surface area contributed by atoms with Crippen LogP contribution in [0.3, 0.4) is 0 Å². The first-order chi connectivity index (χ1) is 12.5. The molecule has 130 valence electrons. The van der Waals surface area contributed by atoms with Gasteiger partial charge in [0.05, 0.1) is 4.90 Å². The first kappa shape index (κ1) is 16.3. The monoisotopic (exact) mass is 364 g/mol. The second kappa shape index (κ2) is 6.29. The zero-order valence-corrected chi connectivity index (χ0v) is 14.5. The van der Waals surface area contributed by atoms with E-state index in [1.165, 1.54) is 12.1 Å². The molecule has 2 aromatic heterocycles. The van der Waals surface area contributed by atoms with Crippen molar-refractivity contribution >= 4 is 32.4 Å². The highest BCUT2D eigenvalue weighted by Gasteiger charge is 2.09. The maximum absolute atomic E-state index is 11.5. The standard InChI is InChI=1S/C19H16N4O2S/c20-26(24,25)15-4-1-3-14(12-15)23-19-11-13(7-9-22-19)16-5-2-6-18-17(16)8-10-21-18/h1-12,21H,(H,22,23)(H2,20,24,25). The summed E-state index contributed by atoms with van der Waals surface area (Å²) in [5, 5.41) is 9.44. The Labute approximate surface area is 150 Å². The second-order valence-electron chi connectivity index (χ2n) is 5.87. The van der Waals surface area contributed by atoms with E-state index in [4.69, 9.17) is 5.14 Å². The third kappa shape index (κ3) is 3.17. The number of nitrogens with two attached hydrogens (primary N) is 1. The Balaban J connectivity index is 1.70. The number of nitrogens with one attached hydrogen (secondary N) is 2. The molecule has 6 nitrogen and oxygen atoms in total. The summed E-state index contributed by atoms with van der Waals surface area (Å²) >= 11 is 0. The zero-order chi connectivity index (χ0) is 18.1. The van der Waals surface area contributed by atoms with Crippen molar-refractivity contribution < 1.29 is 8.42 Å². The van der Waals surface area contributed by atoms with Crippen molar-refractivity contribution in [2.75, 3.05) is 5.32 Å². The summed E-state index contributed by atoms with van der Waals surface area (Å²) in [6.45, 7) is 0. The van der Waals surface area contributed by atoms with Gasteiger partial charge < -0.3 is 10.3 Å². The predicted molar refractivity (Wildman–Crippen MR) is 103 cm³/mol. The summed E-state index contributed by atoms with van der Waals surface area (Å²) in [6, 6.07) is 18.3. The molecule has 0 unspecified atom stereocenters. The van der Waals surface area contributed by atoms with E-state index >= 15 is 0 Å². The van der Waals surface area contributed by atoms with Crippen molar-refractivity contribution in [2.45, 2.75) is 4.90 Å². The minimum Gasteiger partial charge on any atom is -0.361 e. The predicted octanol–water partition coefficient (Wildman–Crippen LogP) is 3.62. The highest BCUT2D eigenvalue weighted by atomic mass is 32.2. The largest absolute Gasteiger partial charge is 0.361 e. The lowest BCUT2D eigenvalue weighted by atomic mass is 10.0. The maximum Gasteiger partial charge on any atom is 0.238 e. The number of sulfonamides is 1. The second-order valence-corrected chi connectivity index (χ2v) is 7.43. The molecule has 0 radical (unpaired) electrons. The fourth-order valence-electron chi connectivity index (χ4n) is 2.90. The van der Waals surface area contributed by atoms with E-state index in [-0.39, 0.29) is 4.90 Å². The van der Waals surface area contributed by atoms with Gasteiger partial charge >= 0.3 is 0 Å². The number of pyridine rings is 1. The van der Waals surface area contributed by atoms with Crippen molar-refractivity contribution in [1.29, 1.82) is 0 Å². The van der Waals surface area contributed by atoms with Gasteiger partial charge in [-0.05, 0) is 53.6 Å². The topological polar surface area (TPSA) is 101 Å². The molecule has 4 N–H and O–H groups in total. The number of primary sulfonamides is 1. The van der Waals surface area contributed by atoms with E-state index in [9.17, 15) is 8.42 Å². The summed E-state index contributed by atoms with van der Waals surface area (Å²) in [4.78, 5) is 7.58. The molecule has 0 atom stereocenters. The molecule has 26 heavy (non-hydrogen) atoms. The Hall–Kier alpha value is -3.16. The average molecular weight is 364 g/mol. The highest BCUT2D eigenvalue weighted by Crippen LogP contribution is 2.29. The van der Waals surface area contributed by atoms with Gasteiger partial charge in [0.25, 0.3) is 0 Å². The molecule has 7 heteroatoms. The number of anilines is 2. The number of aromatic amines is 1. The molecular formula is C19H16N4O2S. The molecule has 0 bridgehead atoms. The first-order valence-corrected chi connectivity index (χ1v) is 9.48. The number of fused-ring (bicyclic) bond motifs is 1.